The first-order valence-corrected chi connectivity index (χ1v) is 9.49. The summed E-state index contributed by atoms with van der Waals surface area (Å²) in [6.45, 7) is 4.33. The third kappa shape index (κ3) is 3.02. The first kappa shape index (κ1) is 17.4. The third-order valence-electron chi connectivity index (χ3n) is 5.16. The van der Waals surface area contributed by atoms with Gasteiger partial charge in [-0.3, -0.25) is 5.10 Å². The molecule has 1 fully saturated rings. The largest absolute Gasteiger partial charge is 0.377 e. The first-order chi connectivity index (χ1) is 14.2. The van der Waals surface area contributed by atoms with Gasteiger partial charge in [-0.15, -0.1) is 0 Å². The van der Waals surface area contributed by atoms with Crippen molar-refractivity contribution in [2.75, 3.05) is 24.7 Å². The van der Waals surface area contributed by atoms with Gasteiger partial charge in [-0.2, -0.15) is 15.5 Å². The maximum absolute atomic E-state index is 9.07. The zero-order chi connectivity index (χ0) is 19.8. The minimum Gasteiger partial charge on any atom is -0.377 e. The summed E-state index contributed by atoms with van der Waals surface area (Å²) in [5.74, 6) is 0.907. The van der Waals surface area contributed by atoms with Crippen LogP contribution in [0.3, 0.4) is 0 Å². The number of aromatic nitrogens is 5. The van der Waals surface area contributed by atoms with Crippen molar-refractivity contribution in [3.63, 3.8) is 0 Å². The molecule has 1 aliphatic rings. The summed E-state index contributed by atoms with van der Waals surface area (Å²) in [6, 6.07) is 15.7. The van der Waals surface area contributed by atoms with Crippen molar-refractivity contribution in [2.45, 2.75) is 13.0 Å². The summed E-state index contributed by atoms with van der Waals surface area (Å²) in [6.07, 6.45) is 1.77. The Balaban J connectivity index is 1.68. The van der Waals surface area contributed by atoms with Crippen LogP contribution in [0, 0.1) is 11.3 Å². The highest BCUT2D eigenvalue weighted by Crippen LogP contribution is 2.30. The number of ether oxygens (including phenoxy) is 1. The van der Waals surface area contributed by atoms with Crippen LogP contribution in [0.15, 0.2) is 48.7 Å². The molecule has 1 atom stereocenters. The standard InChI is InChI=1S/C21H19N7O/c1-14-13-29-11-10-27(14)19-7-6-18-21(24-19)20(17-8-9-23-25-17)26-28(18)16-4-2-15(12-22)3-5-16/h2-9,14H,10-11,13H2,1H3,(H,23,25)/t14-/m1/s1. The lowest BCUT2D eigenvalue weighted by Gasteiger charge is -2.34. The number of nitrogens with zero attached hydrogens (tertiary/aromatic N) is 6. The topological polar surface area (TPSA) is 95.7 Å². The quantitative estimate of drug-likeness (QED) is 0.583. The van der Waals surface area contributed by atoms with E-state index in [1.54, 1.807) is 18.3 Å². The molecule has 4 aromatic rings. The summed E-state index contributed by atoms with van der Waals surface area (Å²) < 4.78 is 7.41. The Morgan fingerprint density at radius 1 is 1.17 bits per heavy atom. The van der Waals surface area contributed by atoms with E-state index in [-0.39, 0.29) is 6.04 Å². The molecular weight excluding hydrogens is 366 g/mol. The summed E-state index contributed by atoms with van der Waals surface area (Å²) in [4.78, 5) is 7.23. The maximum Gasteiger partial charge on any atom is 0.139 e. The number of morpholine rings is 1. The minimum absolute atomic E-state index is 0.260. The van der Waals surface area contributed by atoms with Crippen molar-refractivity contribution in [1.82, 2.24) is 25.0 Å². The van der Waals surface area contributed by atoms with Gasteiger partial charge in [0.25, 0.3) is 0 Å². The van der Waals surface area contributed by atoms with Gasteiger partial charge in [0.2, 0.25) is 0 Å². The van der Waals surface area contributed by atoms with Crippen LogP contribution in [-0.2, 0) is 4.74 Å². The number of nitriles is 1. The van der Waals surface area contributed by atoms with Gasteiger partial charge in [-0.25, -0.2) is 9.67 Å². The second kappa shape index (κ2) is 7.04. The normalized spacial score (nSPS) is 16.8. The van der Waals surface area contributed by atoms with Crippen LogP contribution in [0.2, 0.25) is 0 Å². The van der Waals surface area contributed by atoms with Crippen molar-refractivity contribution >= 4 is 16.9 Å². The number of fused-ring (bicyclic) bond motifs is 1. The molecule has 8 nitrogen and oxygen atoms in total. The Hall–Kier alpha value is -3.70. The van der Waals surface area contributed by atoms with Crippen LogP contribution in [0.1, 0.15) is 12.5 Å². The van der Waals surface area contributed by atoms with Crippen molar-refractivity contribution in [3.05, 3.63) is 54.2 Å². The molecule has 4 heterocycles. The van der Waals surface area contributed by atoms with Gasteiger partial charge >= 0.3 is 0 Å². The molecule has 29 heavy (non-hydrogen) atoms. The number of anilines is 1. The Labute approximate surface area is 167 Å². The highest BCUT2D eigenvalue weighted by Gasteiger charge is 2.23. The second-order valence-corrected chi connectivity index (χ2v) is 7.03. The molecule has 8 heteroatoms. The van der Waals surface area contributed by atoms with Crippen LogP contribution in [0.25, 0.3) is 28.1 Å². The predicted octanol–water partition coefficient (Wildman–Crippen LogP) is 2.91. The molecule has 1 saturated heterocycles. The summed E-state index contributed by atoms with van der Waals surface area (Å²) in [5.41, 5.74) is 4.61. The minimum atomic E-state index is 0.260. The molecule has 144 valence electrons. The van der Waals surface area contributed by atoms with Gasteiger partial charge in [0.15, 0.2) is 0 Å². The average molecular weight is 385 g/mol. The highest BCUT2D eigenvalue weighted by atomic mass is 16.5. The fourth-order valence-corrected chi connectivity index (χ4v) is 3.65. The number of benzene rings is 1. The monoisotopic (exact) mass is 385 g/mol. The Bertz CT molecular complexity index is 1190. The Morgan fingerprint density at radius 3 is 2.76 bits per heavy atom. The summed E-state index contributed by atoms with van der Waals surface area (Å²) in [5, 5.41) is 21.0. The van der Waals surface area contributed by atoms with Crippen LogP contribution in [0.5, 0.6) is 0 Å². The first-order valence-electron chi connectivity index (χ1n) is 9.49. The van der Waals surface area contributed by atoms with Crippen molar-refractivity contribution in [1.29, 1.82) is 5.26 Å². The number of rotatable bonds is 3. The molecule has 0 saturated carbocycles. The lowest BCUT2D eigenvalue weighted by Crippen LogP contribution is -2.44. The van der Waals surface area contributed by atoms with Crippen molar-refractivity contribution < 1.29 is 4.74 Å². The number of aromatic amines is 1. The SMILES string of the molecule is C[C@@H]1COCCN1c1ccc2c(n1)c(-c1cc[nH]n1)nn2-c1ccc(C#N)cc1. The van der Waals surface area contributed by atoms with Crippen LogP contribution in [-0.4, -0.2) is 50.8 Å². The predicted molar refractivity (Wildman–Crippen MR) is 109 cm³/mol. The van der Waals surface area contributed by atoms with Crippen molar-refractivity contribution in [2.24, 2.45) is 0 Å². The third-order valence-corrected chi connectivity index (χ3v) is 5.16. The van der Waals surface area contributed by atoms with E-state index < -0.39 is 0 Å². The van der Waals surface area contributed by atoms with E-state index in [1.807, 2.05) is 35.0 Å². The zero-order valence-electron chi connectivity index (χ0n) is 15.9. The molecule has 5 rings (SSSR count). The van der Waals surface area contributed by atoms with E-state index in [0.29, 0.717) is 24.5 Å². The fraction of sp³-hybridized carbons (Fsp3) is 0.238. The number of nitrogens with one attached hydrogen (secondary N) is 1. The Morgan fingerprint density at radius 2 is 2.03 bits per heavy atom. The second-order valence-electron chi connectivity index (χ2n) is 7.03. The maximum atomic E-state index is 9.07. The van der Waals surface area contributed by atoms with E-state index in [0.717, 1.165) is 34.8 Å². The summed E-state index contributed by atoms with van der Waals surface area (Å²) >= 11 is 0. The highest BCUT2D eigenvalue weighted by molar-refractivity contribution is 5.91. The molecule has 0 radical (unpaired) electrons. The molecule has 1 N–H and O–H groups in total. The number of H-pyrrole nitrogens is 1. The number of pyridine rings is 1. The van der Waals surface area contributed by atoms with Gasteiger partial charge in [0, 0.05) is 12.7 Å². The molecule has 0 spiro atoms. The molecule has 3 aromatic heterocycles. The summed E-state index contributed by atoms with van der Waals surface area (Å²) in [7, 11) is 0. The van der Waals surface area contributed by atoms with Gasteiger partial charge in [0.05, 0.1) is 42.1 Å². The smallest absolute Gasteiger partial charge is 0.139 e. The lowest BCUT2D eigenvalue weighted by atomic mass is 10.2. The van der Waals surface area contributed by atoms with Gasteiger partial charge in [-0.05, 0) is 49.4 Å². The lowest BCUT2D eigenvalue weighted by molar-refractivity contribution is 0.0986. The van der Waals surface area contributed by atoms with E-state index in [2.05, 4.69) is 28.1 Å². The Kier molecular flexibility index (Phi) is 4.22. The fourth-order valence-electron chi connectivity index (χ4n) is 3.65. The van der Waals surface area contributed by atoms with E-state index in [9.17, 15) is 0 Å². The van der Waals surface area contributed by atoms with Gasteiger partial charge in [0.1, 0.15) is 22.7 Å². The van der Waals surface area contributed by atoms with E-state index in [4.69, 9.17) is 20.1 Å². The number of hydrogen-bond acceptors (Lipinski definition) is 6. The van der Waals surface area contributed by atoms with Gasteiger partial charge in [-0.1, -0.05) is 0 Å². The number of hydrogen-bond donors (Lipinski definition) is 1. The van der Waals surface area contributed by atoms with E-state index in [1.165, 1.54) is 0 Å². The molecule has 1 aromatic carbocycles. The van der Waals surface area contributed by atoms with E-state index >= 15 is 0 Å². The molecule has 0 bridgehead atoms. The average Bonchev–Trinajstić information content (AvgIpc) is 3.42. The van der Waals surface area contributed by atoms with Crippen LogP contribution in [0.4, 0.5) is 5.82 Å². The van der Waals surface area contributed by atoms with Crippen LogP contribution >= 0.6 is 0 Å². The molecular formula is C21H19N7O. The zero-order valence-corrected chi connectivity index (χ0v) is 15.9. The molecule has 1 aliphatic heterocycles. The van der Waals surface area contributed by atoms with Crippen LogP contribution < -0.4 is 4.90 Å². The van der Waals surface area contributed by atoms with Gasteiger partial charge < -0.3 is 9.64 Å². The van der Waals surface area contributed by atoms with Crippen molar-refractivity contribution in [3.8, 4) is 23.1 Å². The molecule has 0 amide bonds. The molecule has 0 aliphatic carbocycles. The molecule has 0 unspecified atom stereocenters.